The highest BCUT2D eigenvalue weighted by atomic mass is 19.4. The first-order valence-electron chi connectivity index (χ1n) is 6.34. The van der Waals surface area contributed by atoms with Gasteiger partial charge in [-0.15, -0.1) is 0 Å². The van der Waals surface area contributed by atoms with E-state index in [1.54, 1.807) is 0 Å². The average molecular weight is 300 g/mol. The van der Waals surface area contributed by atoms with E-state index in [0.717, 1.165) is 12.8 Å². The zero-order valence-corrected chi connectivity index (χ0v) is 10.7. The van der Waals surface area contributed by atoms with E-state index in [1.807, 2.05) is 6.92 Å². The van der Waals surface area contributed by atoms with Gasteiger partial charge < -0.3 is 4.98 Å². The van der Waals surface area contributed by atoms with Crippen LogP contribution >= 0.6 is 0 Å². The molecule has 1 aliphatic rings. The number of aryl methyl sites for hydroxylation is 1. The zero-order chi connectivity index (χ0) is 15.1. The second-order valence-corrected chi connectivity index (χ2v) is 5.08. The van der Waals surface area contributed by atoms with E-state index in [1.165, 1.54) is 0 Å². The smallest absolute Gasteiger partial charge is 0.345 e. The van der Waals surface area contributed by atoms with Crippen LogP contribution in [-0.4, -0.2) is 22.3 Å². The van der Waals surface area contributed by atoms with Gasteiger partial charge in [-0.1, -0.05) is 13.3 Å². The summed E-state index contributed by atoms with van der Waals surface area (Å²) in [6.07, 6.45) is -8.33. The molecule has 8 heteroatoms. The summed E-state index contributed by atoms with van der Waals surface area (Å²) in [4.78, 5) is 5.82. The topological polar surface area (TPSA) is 28.7 Å². The van der Waals surface area contributed by atoms with E-state index in [9.17, 15) is 26.3 Å². The Kier molecular flexibility index (Phi) is 3.77. The maximum atomic E-state index is 12.6. The van der Waals surface area contributed by atoms with Crippen molar-refractivity contribution in [3.63, 3.8) is 0 Å². The Morgan fingerprint density at radius 3 is 2.30 bits per heavy atom. The van der Waals surface area contributed by atoms with Crippen molar-refractivity contribution >= 4 is 0 Å². The van der Waals surface area contributed by atoms with E-state index in [-0.39, 0.29) is 5.92 Å². The lowest BCUT2D eigenvalue weighted by Gasteiger charge is -2.20. The molecular weight excluding hydrogens is 286 g/mol. The molecule has 114 valence electrons. The fraction of sp³-hybridized carbons (Fsp3) is 0.750. The second kappa shape index (κ2) is 4.96. The van der Waals surface area contributed by atoms with Crippen LogP contribution < -0.4 is 0 Å². The molecule has 0 bridgehead atoms. The van der Waals surface area contributed by atoms with Crippen LogP contribution in [0.15, 0.2) is 0 Å². The van der Waals surface area contributed by atoms with Gasteiger partial charge in [0.25, 0.3) is 0 Å². The third kappa shape index (κ3) is 2.93. The van der Waals surface area contributed by atoms with Gasteiger partial charge in [-0.2, -0.15) is 26.3 Å². The summed E-state index contributed by atoms with van der Waals surface area (Å²) in [6, 6.07) is 0. The number of halogens is 6. The molecule has 1 N–H and O–H groups in total. The Labute approximate surface area is 111 Å². The molecule has 20 heavy (non-hydrogen) atoms. The van der Waals surface area contributed by atoms with Crippen LogP contribution in [0.4, 0.5) is 26.3 Å². The molecule has 0 saturated heterocycles. The Balaban J connectivity index is 2.35. The zero-order valence-electron chi connectivity index (χ0n) is 10.7. The number of hydrogen-bond acceptors (Lipinski definition) is 1. The lowest BCUT2D eigenvalue weighted by Crippen LogP contribution is -2.35. The average Bonchev–Trinajstić information content (AvgIpc) is 2.65. The quantitative estimate of drug-likeness (QED) is 0.817. The van der Waals surface area contributed by atoms with Crippen molar-refractivity contribution in [3.05, 3.63) is 17.2 Å². The highest BCUT2D eigenvalue weighted by Gasteiger charge is 2.59. The fourth-order valence-corrected chi connectivity index (χ4v) is 2.56. The Bertz CT molecular complexity index is 459. The van der Waals surface area contributed by atoms with Crippen molar-refractivity contribution in [1.82, 2.24) is 9.97 Å². The molecule has 0 aliphatic heterocycles. The number of aromatic amines is 1. The van der Waals surface area contributed by atoms with Gasteiger partial charge >= 0.3 is 12.4 Å². The number of aromatic nitrogens is 2. The standard InChI is InChI=1S/C12H14F6N2/c1-2-6-3-4-7-8(5-6)20-10(19-7)9(11(13,14)15)12(16,17)18/h6,9H,2-5H2,1H3,(H,19,20). The molecule has 1 aromatic heterocycles. The fourth-order valence-electron chi connectivity index (χ4n) is 2.56. The summed E-state index contributed by atoms with van der Waals surface area (Å²) in [5, 5.41) is 0. The van der Waals surface area contributed by atoms with E-state index in [2.05, 4.69) is 9.97 Å². The molecule has 0 saturated carbocycles. The molecule has 1 aromatic rings. The summed E-state index contributed by atoms with van der Waals surface area (Å²) in [5.41, 5.74) is 0.750. The number of nitrogens with zero attached hydrogens (tertiary/aromatic N) is 1. The van der Waals surface area contributed by atoms with Crippen molar-refractivity contribution < 1.29 is 26.3 Å². The summed E-state index contributed by atoms with van der Waals surface area (Å²) in [7, 11) is 0. The van der Waals surface area contributed by atoms with Crippen LogP contribution in [-0.2, 0) is 12.8 Å². The monoisotopic (exact) mass is 300 g/mol. The number of imidazole rings is 1. The number of fused-ring (bicyclic) bond motifs is 1. The molecule has 1 heterocycles. The van der Waals surface area contributed by atoms with Gasteiger partial charge in [-0.25, -0.2) is 4.98 Å². The summed E-state index contributed by atoms with van der Waals surface area (Å²) in [5.74, 6) is -4.29. The van der Waals surface area contributed by atoms with Gasteiger partial charge in [0.15, 0.2) is 0 Å². The molecule has 2 nitrogen and oxygen atoms in total. The summed E-state index contributed by atoms with van der Waals surface area (Å²) >= 11 is 0. The van der Waals surface area contributed by atoms with Crippen molar-refractivity contribution in [3.8, 4) is 0 Å². The molecule has 2 rings (SSSR count). The van der Waals surface area contributed by atoms with Crippen LogP contribution in [0.5, 0.6) is 0 Å². The van der Waals surface area contributed by atoms with Crippen LogP contribution in [0.3, 0.4) is 0 Å². The third-order valence-corrected chi connectivity index (χ3v) is 3.67. The maximum Gasteiger partial charge on any atom is 0.407 e. The predicted molar refractivity (Wildman–Crippen MR) is 59.2 cm³/mol. The van der Waals surface area contributed by atoms with E-state index in [4.69, 9.17) is 0 Å². The van der Waals surface area contributed by atoms with Crippen LogP contribution in [0.25, 0.3) is 0 Å². The van der Waals surface area contributed by atoms with Crippen LogP contribution in [0.2, 0.25) is 0 Å². The molecule has 0 aromatic carbocycles. The lowest BCUT2D eigenvalue weighted by molar-refractivity contribution is -0.255. The minimum absolute atomic E-state index is 0.283. The molecule has 1 unspecified atom stereocenters. The lowest BCUT2D eigenvalue weighted by atomic mass is 9.88. The van der Waals surface area contributed by atoms with E-state index < -0.39 is 24.1 Å². The van der Waals surface area contributed by atoms with Crippen molar-refractivity contribution in [2.24, 2.45) is 5.92 Å². The summed E-state index contributed by atoms with van der Waals surface area (Å²) < 4.78 is 75.8. The van der Waals surface area contributed by atoms with Crippen LogP contribution in [0.1, 0.15) is 42.9 Å². The Morgan fingerprint density at radius 1 is 1.20 bits per heavy atom. The minimum Gasteiger partial charge on any atom is -0.345 e. The first kappa shape index (κ1) is 15.2. The second-order valence-electron chi connectivity index (χ2n) is 5.08. The van der Waals surface area contributed by atoms with Crippen LogP contribution in [0, 0.1) is 5.92 Å². The van der Waals surface area contributed by atoms with Gasteiger partial charge in [0.05, 0.1) is 5.69 Å². The highest BCUT2D eigenvalue weighted by Crippen LogP contribution is 2.45. The van der Waals surface area contributed by atoms with E-state index >= 15 is 0 Å². The van der Waals surface area contributed by atoms with Crippen molar-refractivity contribution in [2.75, 3.05) is 0 Å². The maximum absolute atomic E-state index is 12.6. The minimum atomic E-state index is -5.40. The van der Waals surface area contributed by atoms with Gasteiger partial charge in [0.2, 0.25) is 5.92 Å². The molecule has 0 fully saturated rings. The SMILES string of the molecule is CCC1CCc2nc(C(C(F)(F)F)C(F)(F)F)[nH]c2C1. The first-order chi connectivity index (χ1) is 9.13. The summed E-state index contributed by atoms with van der Waals surface area (Å²) in [6.45, 7) is 1.95. The highest BCUT2D eigenvalue weighted by molar-refractivity contribution is 5.21. The number of nitrogens with one attached hydrogen (secondary N) is 1. The molecule has 0 spiro atoms. The van der Waals surface area contributed by atoms with Gasteiger partial charge in [-0.05, 0) is 25.2 Å². The largest absolute Gasteiger partial charge is 0.407 e. The normalized spacial score (nSPS) is 20.3. The van der Waals surface area contributed by atoms with Gasteiger partial charge in [0.1, 0.15) is 5.82 Å². The number of alkyl halides is 6. The first-order valence-corrected chi connectivity index (χ1v) is 6.34. The predicted octanol–water partition coefficient (Wildman–Crippen LogP) is 4.13. The van der Waals surface area contributed by atoms with E-state index in [0.29, 0.717) is 24.2 Å². The molecule has 1 atom stereocenters. The van der Waals surface area contributed by atoms with Gasteiger partial charge in [0, 0.05) is 5.69 Å². The third-order valence-electron chi connectivity index (χ3n) is 3.67. The molecular formula is C12H14F6N2. The van der Waals surface area contributed by atoms with Crippen molar-refractivity contribution in [1.29, 1.82) is 0 Å². The molecule has 0 amide bonds. The number of H-pyrrole nitrogens is 1. The molecule has 1 aliphatic carbocycles. The van der Waals surface area contributed by atoms with Gasteiger partial charge in [-0.3, -0.25) is 0 Å². The number of rotatable bonds is 2. The Morgan fingerprint density at radius 2 is 1.80 bits per heavy atom. The number of hydrogen-bond donors (Lipinski definition) is 1. The van der Waals surface area contributed by atoms with Crippen molar-refractivity contribution in [2.45, 2.75) is 50.9 Å². The molecule has 0 radical (unpaired) electrons. The Hall–Kier alpha value is -1.21.